The number of carboxylic acid groups (broad SMARTS) is 2. The summed E-state index contributed by atoms with van der Waals surface area (Å²) < 4.78 is 0. The number of carbonyl (C=O) groups is 11. The average Bonchev–Trinajstić information content (AvgIpc) is 4.18. The molecular formula is C58H90N16O14. The number of likely N-dealkylation sites (tertiary alicyclic amines) is 1. The van der Waals surface area contributed by atoms with Crippen molar-refractivity contribution in [3.8, 4) is 0 Å². The lowest BCUT2D eigenvalue weighted by atomic mass is 10.00. The van der Waals surface area contributed by atoms with Crippen molar-refractivity contribution in [3.63, 3.8) is 0 Å². The highest BCUT2D eigenvalue weighted by Gasteiger charge is 2.38. The summed E-state index contributed by atoms with van der Waals surface area (Å²) in [6.07, 6.45) is -1.81. The topological polar surface area (TPSA) is 503 Å². The van der Waals surface area contributed by atoms with Gasteiger partial charge in [-0.1, -0.05) is 88.4 Å². The molecule has 3 rings (SSSR count). The number of benzene rings is 2. The van der Waals surface area contributed by atoms with E-state index in [-0.39, 0.29) is 101 Å². The van der Waals surface area contributed by atoms with Crippen LogP contribution in [0.25, 0.3) is 0 Å². The maximum Gasteiger partial charge on any atom is 0.326 e. The number of amides is 9. The predicted octanol–water partition coefficient (Wildman–Crippen LogP) is -3.17. The highest BCUT2D eigenvalue weighted by Crippen LogP contribution is 2.19. The summed E-state index contributed by atoms with van der Waals surface area (Å²) in [4.78, 5) is 159. The van der Waals surface area contributed by atoms with Crippen molar-refractivity contribution in [1.29, 1.82) is 0 Å². The molecule has 0 spiro atoms. The van der Waals surface area contributed by atoms with Gasteiger partial charge in [0.2, 0.25) is 53.2 Å². The number of carbonyl (C=O) groups excluding carboxylic acids is 9. The minimum Gasteiger partial charge on any atom is -0.481 e. The first kappa shape index (κ1) is 73.3. The van der Waals surface area contributed by atoms with Crippen LogP contribution >= 0.6 is 0 Å². The summed E-state index contributed by atoms with van der Waals surface area (Å²) in [7, 11) is 0. The summed E-state index contributed by atoms with van der Waals surface area (Å²) in [6, 6.07) is 4.98. The molecule has 0 saturated carbocycles. The van der Waals surface area contributed by atoms with Gasteiger partial charge < -0.3 is 91.4 Å². The zero-order valence-electron chi connectivity index (χ0n) is 50.6. The Balaban J connectivity index is 1.88. The van der Waals surface area contributed by atoms with Crippen LogP contribution in [0.5, 0.6) is 0 Å². The first-order chi connectivity index (χ1) is 41.6. The highest BCUT2D eigenvalue weighted by molar-refractivity contribution is 5.98. The Kier molecular flexibility index (Phi) is 31.3. The lowest BCUT2D eigenvalue weighted by molar-refractivity contribution is -0.143. The van der Waals surface area contributed by atoms with Crippen LogP contribution in [0.3, 0.4) is 0 Å². The van der Waals surface area contributed by atoms with E-state index in [0.29, 0.717) is 17.5 Å². The van der Waals surface area contributed by atoms with Gasteiger partial charge in [0.05, 0.1) is 12.6 Å². The number of aliphatic carboxylic acids is 2. The van der Waals surface area contributed by atoms with Crippen molar-refractivity contribution in [2.24, 2.45) is 50.5 Å². The molecule has 30 nitrogen and oxygen atoms in total. The van der Waals surface area contributed by atoms with Crippen molar-refractivity contribution < 1.29 is 68.1 Å². The fourth-order valence-electron chi connectivity index (χ4n) is 9.44. The molecule has 21 N–H and O–H groups in total. The van der Waals surface area contributed by atoms with Gasteiger partial charge in [-0.05, 0) is 87.7 Å². The number of nitrogens with zero attached hydrogens (tertiary/aromatic N) is 3. The van der Waals surface area contributed by atoms with Gasteiger partial charge in [-0.2, -0.15) is 0 Å². The van der Waals surface area contributed by atoms with Gasteiger partial charge >= 0.3 is 11.9 Å². The zero-order chi connectivity index (χ0) is 65.6. The van der Waals surface area contributed by atoms with Gasteiger partial charge in [0.15, 0.2) is 11.9 Å². The number of aliphatic imine (C=N–C) groups is 2. The Morgan fingerprint density at radius 1 is 0.545 bits per heavy atom. The number of aliphatic hydroxyl groups is 1. The van der Waals surface area contributed by atoms with Crippen LogP contribution in [0.15, 0.2) is 70.6 Å². The monoisotopic (exact) mass is 1230 g/mol. The van der Waals surface area contributed by atoms with Gasteiger partial charge in [-0.25, -0.2) is 4.79 Å². The molecule has 10 atom stereocenters. The van der Waals surface area contributed by atoms with Crippen LogP contribution in [-0.2, 0) is 65.6 Å². The molecule has 1 saturated heterocycles. The first-order valence-corrected chi connectivity index (χ1v) is 29.3. The van der Waals surface area contributed by atoms with Crippen LogP contribution in [-0.4, -0.2) is 184 Å². The predicted molar refractivity (Wildman–Crippen MR) is 324 cm³/mol. The second-order valence-electron chi connectivity index (χ2n) is 22.5. The minimum atomic E-state index is -1.53. The molecule has 1 aliphatic rings. The van der Waals surface area contributed by atoms with E-state index in [1.165, 1.54) is 11.8 Å². The number of carboxylic acids is 2. The lowest BCUT2D eigenvalue weighted by Crippen LogP contribution is -2.60. The molecule has 2 aromatic carbocycles. The van der Waals surface area contributed by atoms with Crippen LogP contribution < -0.4 is 71.2 Å². The van der Waals surface area contributed by atoms with Crippen molar-refractivity contribution in [1.82, 2.24) is 47.4 Å². The van der Waals surface area contributed by atoms with Crippen LogP contribution in [0.2, 0.25) is 0 Å². The number of rotatable bonds is 38. The molecule has 0 aliphatic carbocycles. The number of nitrogens with two attached hydrogens (primary N) is 5. The minimum absolute atomic E-state index is 0.0143. The van der Waals surface area contributed by atoms with Crippen molar-refractivity contribution in [3.05, 3.63) is 71.8 Å². The fourth-order valence-corrected chi connectivity index (χ4v) is 9.44. The van der Waals surface area contributed by atoms with Gasteiger partial charge in [-0.15, -0.1) is 0 Å². The van der Waals surface area contributed by atoms with Crippen LogP contribution in [0.4, 0.5) is 0 Å². The van der Waals surface area contributed by atoms with E-state index in [2.05, 4.69) is 52.5 Å². The Morgan fingerprint density at radius 2 is 0.955 bits per heavy atom. The van der Waals surface area contributed by atoms with E-state index in [0.717, 1.165) is 0 Å². The van der Waals surface area contributed by atoms with Crippen LogP contribution in [0, 0.1) is 11.8 Å². The molecule has 1 aliphatic heterocycles. The molecule has 30 heteroatoms. The standard InChI is InChI=1S/C58H90N16O14/c1-32(2)27-40(70-53(84)42(30-36-17-10-7-11-18-36)72-55(86)47(59)34(5)75)51(82)68-38(20-13-25-65-58(62)63)49(80)67-37(19-12-24-64-57(60)61)48(79)66-31-45(76)74-26-14-21-44(74)54(85)71-41(29-35-15-8-6-9-16-35)52(83)69-39(22-23-46(77)78)50(81)73-43(56(87)88)28-33(3)4/h6-11,15-18,32-34,37-44,47,75H,12-14,19-31,59H2,1-5H3,(H,66,79)(H,67,80)(H,68,82)(H,69,83)(H,70,84)(H,71,85)(H,72,86)(H,73,81)(H,77,78)(H,87,88)(H4,60,61,64)(H4,62,63,65)/t34-,37+,38+,39+,40+,41+,42+,43+,44+,47+/m1/s1. The molecule has 0 bridgehead atoms. The molecule has 2 aromatic rings. The molecule has 0 radical (unpaired) electrons. The first-order valence-electron chi connectivity index (χ1n) is 29.3. The van der Waals surface area contributed by atoms with E-state index in [4.69, 9.17) is 28.7 Å². The van der Waals surface area contributed by atoms with Crippen LogP contribution in [0.1, 0.15) is 110 Å². The molecule has 9 amide bonds. The third-order valence-electron chi connectivity index (χ3n) is 14.0. The summed E-state index contributed by atoms with van der Waals surface area (Å²) in [5, 5.41) is 50.0. The van der Waals surface area contributed by atoms with E-state index >= 15 is 0 Å². The maximum absolute atomic E-state index is 14.4. The normalized spacial score (nSPS) is 15.9. The summed E-state index contributed by atoms with van der Waals surface area (Å²) in [5.41, 5.74) is 29.3. The molecule has 1 fully saturated rings. The smallest absolute Gasteiger partial charge is 0.326 e. The van der Waals surface area contributed by atoms with Gasteiger partial charge in [0, 0.05) is 38.9 Å². The number of aliphatic hydroxyl groups excluding tert-OH is 1. The highest BCUT2D eigenvalue weighted by atomic mass is 16.4. The summed E-state index contributed by atoms with van der Waals surface area (Å²) in [6.45, 7) is 7.80. The number of guanidine groups is 2. The van der Waals surface area contributed by atoms with E-state index in [9.17, 15) is 68.1 Å². The van der Waals surface area contributed by atoms with Gasteiger partial charge in [-0.3, -0.25) is 57.9 Å². The molecule has 486 valence electrons. The lowest BCUT2D eigenvalue weighted by Gasteiger charge is -2.28. The number of hydrogen-bond acceptors (Lipinski definition) is 15. The number of hydrogen-bond donors (Lipinski definition) is 16. The molecule has 0 aromatic heterocycles. The average molecular weight is 1240 g/mol. The third kappa shape index (κ3) is 26.8. The molecule has 1 heterocycles. The Labute approximate surface area is 511 Å². The number of nitrogens with one attached hydrogen (secondary N) is 8. The zero-order valence-corrected chi connectivity index (χ0v) is 50.6. The van der Waals surface area contributed by atoms with Crippen molar-refractivity contribution >= 4 is 77.0 Å². The van der Waals surface area contributed by atoms with E-state index in [1.807, 2.05) is 0 Å². The Hall–Kier alpha value is -8.93. The third-order valence-corrected chi connectivity index (χ3v) is 14.0. The molecular weight excluding hydrogens is 1140 g/mol. The van der Waals surface area contributed by atoms with Gasteiger partial charge in [0.25, 0.3) is 0 Å². The summed E-state index contributed by atoms with van der Waals surface area (Å²) >= 11 is 0. The van der Waals surface area contributed by atoms with Crippen molar-refractivity contribution in [2.45, 2.75) is 172 Å². The fraction of sp³-hybridized carbons (Fsp3) is 0.569. The second kappa shape index (κ2) is 37.6. The maximum atomic E-state index is 14.4. The second-order valence-corrected chi connectivity index (χ2v) is 22.5. The van der Waals surface area contributed by atoms with E-state index in [1.54, 1.807) is 88.4 Å². The molecule has 88 heavy (non-hydrogen) atoms. The van der Waals surface area contributed by atoms with Crippen molar-refractivity contribution in [2.75, 3.05) is 26.2 Å². The SMILES string of the molecule is CC(C)C[C@H](NC(=O)[C@H](CCC(=O)O)NC(=O)[C@H](Cc1ccccc1)NC(=O)[C@@H]1CCCN1C(=O)CNC(=O)[C@H](CCCN=C(N)N)NC(=O)[C@H](CCCN=C(N)N)NC(=O)[C@H](CC(C)C)NC(=O)[C@H](Cc1ccccc1)NC(=O)[C@@H](N)[C@@H](C)O)C(=O)O. The Bertz CT molecular complexity index is 2730. The Morgan fingerprint density at radius 3 is 1.41 bits per heavy atom. The quantitative estimate of drug-likeness (QED) is 0.0179. The molecule has 0 unspecified atom stereocenters. The van der Waals surface area contributed by atoms with E-state index < -0.39 is 145 Å². The van der Waals surface area contributed by atoms with Gasteiger partial charge in [0.1, 0.15) is 54.4 Å². The largest absolute Gasteiger partial charge is 0.481 e. The summed E-state index contributed by atoms with van der Waals surface area (Å²) in [5.74, 6) is -10.9.